The zero-order valence-corrected chi connectivity index (χ0v) is 16.0. The fourth-order valence-electron chi connectivity index (χ4n) is 3.00. The van der Waals surface area contributed by atoms with Gasteiger partial charge in [0.15, 0.2) is 0 Å². The highest BCUT2D eigenvalue weighted by Gasteiger charge is 2.22. The smallest absolute Gasteiger partial charge is 0.228 e. The Balaban J connectivity index is 2.18. The van der Waals surface area contributed by atoms with Crippen molar-refractivity contribution in [2.75, 3.05) is 0 Å². The molecule has 5 heteroatoms. The monoisotopic (exact) mass is 368 g/mol. The minimum atomic E-state index is -1.21. The van der Waals surface area contributed by atoms with Crippen LogP contribution in [0.3, 0.4) is 0 Å². The van der Waals surface area contributed by atoms with E-state index < -0.39 is 12.0 Å². The Morgan fingerprint density at radius 1 is 1.00 bits per heavy atom. The molecule has 2 atom stereocenters. The van der Waals surface area contributed by atoms with Gasteiger partial charge in [0, 0.05) is 12.4 Å². The lowest BCUT2D eigenvalue weighted by Gasteiger charge is -2.23. The molecule has 1 amide bonds. The average Bonchev–Trinajstić information content (AvgIpc) is 2.62. The van der Waals surface area contributed by atoms with Crippen LogP contribution >= 0.6 is 0 Å². The van der Waals surface area contributed by atoms with Gasteiger partial charge in [0.05, 0.1) is 18.1 Å². The Hall–Kier alpha value is -2.82. The molecule has 2 rings (SSSR count). The summed E-state index contributed by atoms with van der Waals surface area (Å²) < 4.78 is 5.61. The number of carbonyl (C=O) groups excluding carboxylic acids is 2. The van der Waals surface area contributed by atoms with Crippen molar-refractivity contribution >= 4 is 11.9 Å². The number of aliphatic carboxylic acids is 1. The number of nitrogens with one attached hydrogen (secondary N) is 1. The number of carboxylic acid groups (broad SMARTS) is 1. The fraction of sp³-hybridized carbons (Fsp3) is 0.364. The molecule has 5 nitrogen and oxygen atoms in total. The number of carbonyl (C=O) groups is 2. The van der Waals surface area contributed by atoms with Crippen LogP contribution in [0.5, 0.6) is 5.75 Å². The predicted octanol–water partition coefficient (Wildman–Crippen LogP) is 2.96. The maximum atomic E-state index is 12.8. The number of ether oxygens (including phenoxy) is 1. The number of rotatable bonds is 9. The largest absolute Gasteiger partial charge is 0.550 e. The van der Waals surface area contributed by atoms with Crippen molar-refractivity contribution in [3.05, 3.63) is 65.7 Å². The Morgan fingerprint density at radius 3 is 2.15 bits per heavy atom. The van der Waals surface area contributed by atoms with E-state index in [1.54, 1.807) is 24.3 Å². The van der Waals surface area contributed by atoms with Crippen molar-refractivity contribution < 1.29 is 19.4 Å². The lowest BCUT2D eigenvalue weighted by Crippen LogP contribution is -2.36. The van der Waals surface area contributed by atoms with Gasteiger partial charge in [-0.3, -0.25) is 4.79 Å². The first-order valence-corrected chi connectivity index (χ1v) is 9.22. The van der Waals surface area contributed by atoms with Gasteiger partial charge in [0.25, 0.3) is 0 Å². The molecule has 0 saturated heterocycles. The van der Waals surface area contributed by atoms with Crippen LogP contribution in [-0.4, -0.2) is 18.0 Å². The summed E-state index contributed by atoms with van der Waals surface area (Å²) in [5.74, 6) is -1.05. The van der Waals surface area contributed by atoms with Gasteiger partial charge in [-0.25, -0.2) is 0 Å². The summed E-state index contributed by atoms with van der Waals surface area (Å²) in [5, 5.41) is 14.1. The number of carboxylic acids is 1. The Morgan fingerprint density at radius 2 is 1.63 bits per heavy atom. The topological polar surface area (TPSA) is 78.5 Å². The van der Waals surface area contributed by atoms with E-state index in [4.69, 9.17) is 4.74 Å². The van der Waals surface area contributed by atoms with Crippen molar-refractivity contribution in [1.29, 1.82) is 0 Å². The molecule has 0 heterocycles. The lowest BCUT2D eigenvalue weighted by molar-refractivity contribution is -0.306. The first-order valence-electron chi connectivity index (χ1n) is 9.22. The summed E-state index contributed by atoms with van der Waals surface area (Å²) in [5.41, 5.74) is 1.61. The van der Waals surface area contributed by atoms with E-state index in [-0.39, 0.29) is 24.3 Å². The van der Waals surface area contributed by atoms with Crippen LogP contribution < -0.4 is 15.2 Å². The molecular formula is C22H26NO4-. The second-order valence-corrected chi connectivity index (χ2v) is 6.74. The molecule has 0 bridgehead atoms. The highest BCUT2D eigenvalue weighted by Crippen LogP contribution is 2.24. The van der Waals surface area contributed by atoms with E-state index in [0.29, 0.717) is 17.7 Å². The summed E-state index contributed by atoms with van der Waals surface area (Å²) in [4.78, 5) is 24.0. The van der Waals surface area contributed by atoms with Crippen LogP contribution in [0.2, 0.25) is 0 Å². The third kappa shape index (κ3) is 6.13. The lowest BCUT2D eigenvalue weighted by atomic mass is 9.94. The third-order valence-corrected chi connectivity index (χ3v) is 4.27. The first-order chi connectivity index (χ1) is 12.9. The minimum absolute atomic E-state index is 0.0470. The fourth-order valence-corrected chi connectivity index (χ4v) is 3.00. The quantitative estimate of drug-likeness (QED) is 0.738. The molecular weight excluding hydrogens is 342 g/mol. The van der Waals surface area contributed by atoms with E-state index in [0.717, 1.165) is 5.56 Å². The molecule has 0 aliphatic rings. The molecule has 0 fully saturated rings. The Labute approximate surface area is 160 Å². The molecule has 1 N–H and O–H groups in total. The molecule has 0 radical (unpaired) electrons. The zero-order valence-electron chi connectivity index (χ0n) is 16.0. The average molecular weight is 368 g/mol. The second-order valence-electron chi connectivity index (χ2n) is 6.74. The van der Waals surface area contributed by atoms with Crippen LogP contribution in [0.15, 0.2) is 54.6 Å². The van der Waals surface area contributed by atoms with Crippen LogP contribution in [0, 0.1) is 0 Å². The molecule has 2 unspecified atom stereocenters. The van der Waals surface area contributed by atoms with Crippen LogP contribution in [0.4, 0.5) is 0 Å². The van der Waals surface area contributed by atoms with Gasteiger partial charge in [-0.15, -0.1) is 0 Å². The summed E-state index contributed by atoms with van der Waals surface area (Å²) >= 11 is 0. The minimum Gasteiger partial charge on any atom is -0.550 e. The highest BCUT2D eigenvalue weighted by molar-refractivity contribution is 5.84. The van der Waals surface area contributed by atoms with Crippen molar-refractivity contribution in [3.8, 4) is 5.75 Å². The van der Waals surface area contributed by atoms with Crippen molar-refractivity contribution in [3.63, 3.8) is 0 Å². The van der Waals surface area contributed by atoms with E-state index in [1.165, 1.54) is 0 Å². The van der Waals surface area contributed by atoms with Gasteiger partial charge in [-0.2, -0.15) is 0 Å². The van der Waals surface area contributed by atoms with E-state index in [1.807, 2.05) is 51.1 Å². The summed E-state index contributed by atoms with van der Waals surface area (Å²) in [6, 6.07) is 15.9. The summed E-state index contributed by atoms with van der Waals surface area (Å²) in [6.45, 7) is 5.80. The highest BCUT2D eigenvalue weighted by atomic mass is 16.5. The maximum Gasteiger partial charge on any atom is 0.228 e. The van der Waals surface area contributed by atoms with Crippen LogP contribution in [0.1, 0.15) is 56.7 Å². The molecule has 0 aliphatic carbocycles. The first kappa shape index (κ1) is 20.5. The Bertz CT molecular complexity index is 741. The number of amides is 1. The molecule has 0 aromatic heterocycles. The van der Waals surface area contributed by atoms with Gasteiger partial charge in [-0.05, 0) is 43.5 Å². The zero-order chi connectivity index (χ0) is 19.8. The van der Waals surface area contributed by atoms with E-state index in [9.17, 15) is 14.7 Å². The van der Waals surface area contributed by atoms with Crippen molar-refractivity contribution in [2.24, 2.45) is 0 Å². The molecule has 144 valence electrons. The molecule has 27 heavy (non-hydrogen) atoms. The van der Waals surface area contributed by atoms with Crippen LogP contribution in [0.25, 0.3) is 0 Å². The van der Waals surface area contributed by atoms with E-state index >= 15 is 0 Å². The molecule has 0 spiro atoms. The maximum absolute atomic E-state index is 12.8. The summed E-state index contributed by atoms with van der Waals surface area (Å²) in [6.07, 6.45) is 0.377. The number of hydrogen-bond donors (Lipinski definition) is 1. The SMILES string of the molecule is CCC(C(=O)NC(CC(=O)[O-])c1ccc(OC(C)C)cc1)c1ccccc1. The predicted molar refractivity (Wildman–Crippen MR) is 102 cm³/mol. The van der Waals surface area contributed by atoms with E-state index in [2.05, 4.69) is 5.32 Å². The standard InChI is InChI=1S/C22H27NO4/c1-4-19(16-8-6-5-7-9-16)22(26)23-20(14-21(24)25)17-10-12-18(13-11-17)27-15(2)3/h5-13,15,19-20H,4,14H2,1-3H3,(H,23,26)(H,24,25)/p-1. The molecule has 2 aromatic rings. The van der Waals surface area contributed by atoms with Gasteiger partial charge in [0.1, 0.15) is 5.75 Å². The van der Waals surface area contributed by atoms with Crippen molar-refractivity contribution in [2.45, 2.75) is 51.7 Å². The van der Waals surface area contributed by atoms with Gasteiger partial charge in [0.2, 0.25) is 5.91 Å². The van der Waals surface area contributed by atoms with Gasteiger partial charge >= 0.3 is 0 Å². The van der Waals surface area contributed by atoms with Gasteiger partial charge < -0.3 is 20.0 Å². The second kappa shape index (κ2) is 9.76. The number of benzene rings is 2. The van der Waals surface area contributed by atoms with Gasteiger partial charge in [-0.1, -0.05) is 49.4 Å². The number of hydrogen-bond acceptors (Lipinski definition) is 4. The Kier molecular flexibility index (Phi) is 7.41. The molecule has 0 aliphatic heterocycles. The normalized spacial score (nSPS) is 13.0. The third-order valence-electron chi connectivity index (χ3n) is 4.27. The van der Waals surface area contributed by atoms with Crippen LogP contribution in [-0.2, 0) is 9.59 Å². The molecule has 0 saturated carbocycles. The van der Waals surface area contributed by atoms with Crippen molar-refractivity contribution in [1.82, 2.24) is 5.32 Å². The molecule has 2 aromatic carbocycles. The summed E-state index contributed by atoms with van der Waals surface area (Å²) in [7, 11) is 0.